The average Bonchev–Trinajstić information content (AvgIpc) is 3.52. The Morgan fingerprint density at radius 2 is 2.00 bits per heavy atom. The highest BCUT2D eigenvalue weighted by Gasteiger charge is 2.28. The van der Waals surface area contributed by atoms with E-state index in [2.05, 4.69) is 41.2 Å². The molecule has 2 aliphatic rings. The second-order valence-electron chi connectivity index (χ2n) is 10.2. The van der Waals surface area contributed by atoms with Crippen LogP contribution >= 0.6 is 0 Å². The maximum Gasteiger partial charge on any atom is 0.238 e. The van der Waals surface area contributed by atoms with Gasteiger partial charge in [0.05, 0.1) is 29.4 Å². The van der Waals surface area contributed by atoms with Crippen LogP contribution in [0.25, 0.3) is 22.2 Å². The molecule has 1 aliphatic carbocycles. The molecule has 2 fully saturated rings. The van der Waals surface area contributed by atoms with Gasteiger partial charge in [-0.15, -0.1) is 0 Å². The number of fused-ring (bicyclic) bond motifs is 1. The Bertz CT molecular complexity index is 1280. The van der Waals surface area contributed by atoms with Crippen LogP contribution in [-0.2, 0) is 9.53 Å². The Kier molecular flexibility index (Phi) is 7.78. The molecule has 7 heteroatoms. The van der Waals surface area contributed by atoms with Gasteiger partial charge < -0.3 is 24.7 Å². The van der Waals surface area contributed by atoms with Crippen LogP contribution in [0.2, 0.25) is 0 Å². The van der Waals surface area contributed by atoms with E-state index in [-0.39, 0.29) is 18.6 Å². The van der Waals surface area contributed by atoms with Gasteiger partial charge in [0.2, 0.25) is 5.91 Å². The molecule has 0 bridgehead atoms. The van der Waals surface area contributed by atoms with Gasteiger partial charge in [-0.3, -0.25) is 4.79 Å². The van der Waals surface area contributed by atoms with E-state index in [1.165, 1.54) is 6.42 Å². The Morgan fingerprint density at radius 1 is 1.19 bits per heavy atom. The van der Waals surface area contributed by atoms with Gasteiger partial charge in [0, 0.05) is 35.8 Å². The maximum absolute atomic E-state index is 12.3. The predicted octanol–water partition coefficient (Wildman–Crippen LogP) is 5.79. The molecule has 1 saturated heterocycles. The fourth-order valence-corrected chi connectivity index (χ4v) is 5.09. The lowest BCUT2D eigenvalue weighted by Gasteiger charge is -2.30. The molecule has 2 N–H and O–H groups in total. The molecule has 2 atom stereocenters. The highest BCUT2D eigenvalue weighted by Crippen LogP contribution is 2.43. The number of benzene rings is 2. The van der Waals surface area contributed by atoms with Crippen molar-refractivity contribution in [3.05, 3.63) is 48.0 Å². The third-order valence-corrected chi connectivity index (χ3v) is 7.65. The number of anilines is 1. The van der Waals surface area contributed by atoms with Crippen molar-refractivity contribution in [3.8, 4) is 23.1 Å². The van der Waals surface area contributed by atoms with E-state index in [9.17, 15) is 10.1 Å². The summed E-state index contributed by atoms with van der Waals surface area (Å²) in [7, 11) is 0. The quantitative estimate of drug-likeness (QED) is 0.368. The van der Waals surface area contributed by atoms with Crippen LogP contribution in [0.3, 0.4) is 0 Å². The molecule has 0 radical (unpaired) electrons. The lowest BCUT2D eigenvalue weighted by atomic mass is 9.92. The van der Waals surface area contributed by atoms with Crippen LogP contribution in [0.4, 0.5) is 5.69 Å². The second kappa shape index (κ2) is 11.4. The number of ether oxygens (including phenoxy) is 2. The standard InChI is InChI=1S/C30H36N4O3/c1-3-20(2)32-18-29(35)33-22-11-9-21(10-12-22)30-27(17-31)26-14-13-24(37-19-25-8-5-15-36-25)16-28(26)34(30)23-6-4-7-23/h9-14,16,20,23,25,32H,3-8,15,18-19H2,1-2H3,(H,33,35). The monoisotopic (exact) mass is 500 g/mol. The summed E-state index contributed by atoms with van der Waals surface area (Å²) in [5.74, 6) is 0.742. The van der Waals surface area contributed by atoms with Crippen molar-refractivity contribution in [1.82, 2.24) is 9.88 Å². The van der Waals surface area contributed by atoms with E-state index in [1.807, 2.05) is 36.4 Å². The van der Waals surface area contributed by atoms with Crippen LogP contribution in [0.5, 0.6) is 5.75 Å². The first-order chi connectivity index (χ1) is 18.1. The molecule has 7 nitrogen and oxygen atoms in total. The number of hydrogen-bond donors (Lipinski definition) is 2. The summed E-state index contributed by atoms with van der Waals surface area (Å²) in [6, 6.07) is 17.0. The van der Waals surface area contributed by atoms with E-state index in [0.717, 1.165) is 72.3 Å². The first kappa shape index (κ1) is 25.3. The fourth-order valence-electron chi connectivity index (χ4n) is 5.09. The van der Waals surface area contributed by atoms with Crippen molar-refractivity contribution < 1.29 is 14.3 Å². The third kappa shape index (κ3) is 5.51. The van der Waals surface area contributed by atoms with Crippen molar-refractivity contribution >= 4 is 22.5 Å². The number of rotatable bonds is 10. The number of nitrogens with zero attached hydrogens (tertiary/aromatic N) is 2. The van der Waals surface area contributed by atoms with Crippen molar-refractivity contribution in [1.29, 1.82) is 5.26 Å². The van der Waals surface area contributed by atoms with Crippen LogP contribution in [-0.4, -0.2) is 42.4 Å². The van der Waals surface area contributed by atoms with Crippen molar-refractivity contribution in [2.75, 3.05) is 25.1 Å². The number of nitrogens with one attached hydrogen (secondary N) is 2. The maximum atomic E-state index is 12.3. The molecule has 1 amide bonds. The molecule has 3 aromatic rings. The molecule has 2 heterocycles. The van der Waals surface area contributed by atoms with E-state index in [4.69, 9.17) is 9.47 Å². The number of carbonyl (C=O) groups is 1. The molecule has 5 rings (SSSR count). The van der Waals surface area contributed by atoms with E-state index in [0.29, 0.717) is 24.3 Å². The van der Waals surface area contributed by atoms with E-state index < -0.39 is 0 Å². The number of nitriles is 1. The first-order valence-corrected chi connectivity index (χ1v) is 13.5. The summed E-state index contributed by atoms with van der Waals surface area (Å²) in [6.45, 7) is 5.79. The van der Waals surface area contributed by atoms with Crippen molar-refractivity contribution in [2.45, 2.75) is 70.6 Å². The number of aromatic nitrogens is 1. The summed E-state index contributed by atoms with van der Waals surface area (Å²) in [6.07, 6.45) is 6.64. The molecular weight excluding hydrogens is 464 g/mol. The number of carbonyl (C=O) groups excluding carboxylic acids is 1. The Balaban J connectivity index is 1.42. The lowest BCUT2D eigenvalue weighted by Crippen LogP contribution is -2.33. The van der Waals surface area contributed by atoms with Gasteiger partial charge in [-0.1, -0.05) is 19.1 Å². The van der Waals surface area contributed by atoms with Crippen LogP contribution < -0.4 is 15.4 Å². The van der Waals surface area contributed by atoms with Crippen molar-refractivity contribution in [3.63, 3.8) is 0 Å². The second-order valence-corrected chi connectivity index (χ2v) is 10.2. The molecule has 1 saturated carbocycles. The molecule has 1 aliphatic heterocycles. The summed E-state index contributed by atoms with van der Waals surface area (Å²) >= 11 is 0. The zero-order valence-corrected chi connectivity index (χ0v) is 21.8. The van der Waals surface area contributed by atoms with E-state index >= 15 is 0 Å². The van der Waals surface area contributed by atoms with Gasteiger partial charge >= 0.3 is 0 Å². The first-order valence-electron chi connectivity index (χ1n) is 13.5. The predicted molar refractivity (Wildman–Crippen MR) is 146 cm³/mol. The van der Waals surface area contributed by atoms with Crippen molar-refractivity contribution in [2.24, 2.45) is 0 Å². The number of amides is 1. The van der Waals surface area contributed by atoms with Crippen LogP contribution in [0.15, 0.2) is 42.5 Å². The molecule has 194 valence electrons. The summed E-state index contributed by atoms with van der Waals surface area (Å²) in [5.41, 5.74) is 4.37. The Hall–Kier alpha value is -3.34. The summed E-state index contributed by atoms with van der Waals surface area (Å²) in [5, 5.41) is 17.3. The van der Waals surface area contributed by atoms with Gasteiger partial charge in [0.1, 0.15) is 18.4 Å². The highest BCUT2D eigenvalue weighted by atomic mass is 16.5. The minimum Gasteiger partial charge on any atom is -0.491 e. The molecular formula is C30H36N4O3. The molecule has 0 spiro atoms. The summed E-state index contributed by atoms with van der Waals surface area (Å²) in [4.78, 5) is 12.3. The zero-order valence-electron chi connectivity index (χ0n) is 21.8. The average molecular weight is 501 g/mol. The molecule has 37 heavy (non-hydrogen) atoms. The van der Waals surface area contributed by atoms with Gasteiger partial charge in [0.25, 0.3) is 0 Å². The smallest absolute Gasteiger partial charge is 0.238 e. The normalized spacial score (nSPS) is 18.4. The largest absolute Gasteiger partial charge is 0.491 e. The third-order valence-electron chi connectivity index (χ3n) is 7.65. The fraction of sp³-hybridized carbons (Fsp3) is 0.467. The van der Waals surface area contributed by atoms with Gasteiger partial charge in [0.15, 0.2) is 0 Å². The van der Waals surface area contributed by atoms with Crippen LogP contribution in [0.1, 0.15) is 64.0 Å². The Morgan fingerprint density at radius 3 is 2.65 bits per heavy atom. The highest BCUT2D eigenvalue weighted by molar-refractivity contribution is 5.96. The SMILES string of the molecule is CCC(C)NCC(=O)Nc1ccc(-c2c(C#N)c3ccc(OCC4CCCO4)cc3n2C2CCC2)cc1. The molecule has 2 unspecified atom stereocenters. The van der Waals surface area contributed by atoms with Gasteiger partial charge in [-0.2, -0.15) is 5.26 Å². The minimum absolute atomic E-state index is 0.0649. The molecule has 1 aromatic heterocycles. The topological polar surface area (TPSA) is 88.3 Å². The number of hydrogen-bond acceptors (Lipinski definition) is 5. The molecule has 2 aromatic carbocycles. The lowest BCUT2D eigenvalue weighted by molar-refractivity contribution is -0.115. The van der Waals surface area contributed by atoms with E-state index in [1.54, 1.807) is 0 Å². The van der Waals surface area contributed by atoms with Crippen LogP contribution in [0, 0.1) is 11.3 Å². The Labute approximate surface area is 218 Å². The van der Waals surface area contributed by atoms with Gasteiger partial charge in [-0.25, -0.2) is 0 Å². The zero-order chi connectivity index (χ0) is 25.8. The van der Waals surface area contributed by atoms with Gasteiger partial charge in [-0.05, 0) is 75.3 Å². The summed E-state index contributed by atoms with van der Waals surface area (Å²) < 4.78 is 14.1. The minimum atomic E-state index is -0.0649.